The van der Waals surface area contributed by atoms with Crippen LogP contribution in [0.1, 0.15) is 26.8 Å². The molecule has 17 heavy (non-hydrogen) atoms. The molecule has 0 aromatic carbocycles. The molecule has 0 aliphatic carbocycles. The number of carbonyl (C=O) groups is 2. The average Bonchev–Trinajstić information content (AvgIpc) is 2.96. The Bertz CT molecular complexity index is 531. The lowest BCUT2D eigenvalue weighted by atomic mass is 10.3. The van der Waals surface area contributed by atoms with Crippen LogP contribution in [0.3, 0.4) is 0 Å². The standard InChI is InChI=1S/C9H7N3O5/c13-8(10-4-5-1-2-11-16-5)6-3-7(9(14)15)17-12-6/h1-3H,4H2,(H,10,13)(H,14,15). The van der Waals surface area contributed by atoms with Crippen LogP contribution in [0.4, 0.5) is 0 Å². The number of amides is 1. The largest absolute Gasteiger partial charge is 0.475 e. The second-order valence-electron chi connectivity index (χ2n) is 3.04. The zero-order valence-corrected chi connectivity index (χ0v) is 8.41. The fourth-order valence-corrected chi connectivity index (χ4v) is 1.07. The minimum Gasteiger partial charge on any atom is -0.475 e. The first-order chi connectivity index (χ1) is 8.16. The number of nitrogens with zero attached hydrogens (tertiary/aromatic N) is 2. The van der Waals surface area contributed by atoms with E-state index in [2.05, 4.69) is 20.2 Å². The summed E-state index contributed by atoms with van der Waals surface area (Å²) in [4.78, 5) is 22.0. The number of nitrogens with one attached hydrogen (secondary N) is 1. The summed E-state index contributed by atoms with van der Waals surface area (Å²) in [5.74, 6) is -1.76. The summed E-state index contributed by atoms with van der Waals surface area (Å²) in [6.07, 6.45) is 1.44. The van der Waals surface area contributed by atoms with E-state index in [4.69, 9.17) is 9.63 Å². The minimum absolute atomic E-state index is 0.109. The summed E-state index contributed by atoms with van der Waals surface area (Å²) in [6.45, 7) is 0.133. The molecule has 2 aromatic rings. The highest BCUT2D eigenvalue weighted by molar-refractivity contribution is 5.94. The molecule has 2 N–H and O–H groups in total. The Hall–Kier alpha value is -2.64. The zero-order valence-electron chi connectivity index (χ0n) is 8.41. The second-order valence-corrected chi connectivity index (χ2v) is 3.04. The van der Waals surface area contributed by atoms with Gasteiger partial charge in [0.1, 0.15) is 0 Å². The molecule has 2 rings (SSSR count). The Labute approximate surface area is 94.2 Å². The Morgan fingerprint density at radius 1 is 1.41 bits per heavy atom. The third-order valence-corrected chi connectivity index (χ3v) is 1.87. The molecule has 0 unspecified atom stereocenters. The van der Waals surface area contributed by atoms with E-state index in [0.717, 1.165) is 6.07 Å². The van der Waals surface area contributed by atoms with Crippen molar-refractivity contribution in [3.05, 3.63) is 35.5 Å². The Morgan fingerprint density at radius 3 is 2.82 bits per heavy atom. The van der Waals surface area contributed by atoms with Gasteiger partial charge in [0, 0.05) is 12.1 Å². The van der Waals surface area contributed by atoms with Crippen LogP contribution in [0.15, 0.2) is 27.4 Å². The quantitative estimate of drug-likeness (QED) is 0.784. The third-order valence-electron chi connectivity index (χ3n) is 1.87. The van der Waals surface area contributed by atoms with Crippen LogP contribution in [-0.2, 0) is 6.54 Å². The number of carboxylic acids is 1. The van der Waals surface area contributed by atoms with Gasteiger partial charge in [0.2, 0.25) is 5.76 Å². The van der Waals surface area contributed by atoms with Crippen LogP contribution in [0.5, 0.6) is 0 Å². The van der Waals surface area contributed by atoms with Crippen molar-refractivity contribution in [3.63, 3.8) is 0 Å². The predicted molar refractivity (Wildman–Crippen MR) is 51.1 cm³/mol. The van der Waals surface area contributed by atoms with Crippen molar-refractivity contribution in [2.75, 3.05) is 0 Å². The van der Waals surface area contributed by atoms with E-state index < -0.39 is 17.6 Å². The molecule has 0 radical (unpaired) electrons. The van der Waals surface area contributed by atoms with Gasteiger partial charge >= 0.3 is 5.97 Å². The highest BCUT2D eigenvalue weighted by Crippen LogP contribution is 2.04. The van der Waals surface area contributed by atoms with E-state index in [1.165, 1.54) is 6.20 Å². The molecule has 8 heteroatoms. The Morgan fingerprint density at radius 2 is 2.24 bits per heavy atom. The smallest absolute Gasteiger partial charge is 0.374 e. The molecule has 0 aliphatic heterocycles. The van der Waals surface area contributed by atoms with E-state index in [1.807, 2.05) is 0 Å². The maximum atomic E-state index is 11.5. The van der Waals surface area contributed by atoms with Gasteiger partial charge in [-0.1, -0.05) is 10.3 Å². The highest BCUT2D eigenvalue weighted by atomic mass is 16.5. The minimum atomic E-state index is -1.29. The van der Waals surface area contributed by atoms with Crippen molar-refractivity contribution < 1.29 is 23.7 Å². The van der Waals surface area contributed by atoms with Gasteiger partial charge in [0.25, 0.3) is 5.91 Å². The van der Waals surface area contributed by atoms with Crippen LogP contribution in [0.2, 0.25) is 0 Å². The first-order valence-electron chi connectivity index (χ1n) is 4.54. The molecule has 0 saturated heterocycles. The van der Waals surface area contributed by atoms with E-state index in [-0.39, 0.29) is 12.2 Å². The van der Waals surface area contributed by atoms with Crippen LogP contribution >= 0.6 is 0 Å². The normalized spacial score (nSPS) is 10.1. The van der Waals surface area contributed by atoms with Gasteiger partial charge in [-0.2, -0.15) is 0 Å². The summed E-state index contributed by atoms with van der Waals surface area (Å²) < 4.78 is 9.20. The lowest BCUT2D eigenvalue weighted by Crippen LogP contribution is -2.22. The molecule has 0 saturated carbocycles. The SMILES string of the molecule is O=C(NCc1ccno1)c1cc(C(=O)O)on1. The van der Waals surface area contributed by atoms with E-state index in [0.29, 0.717) is 5.76 Å². The molecule has 88 valence electrons. The van der Waals surface area contributed by atoms with Crippen LogP contribution in [0.25, 0.3) is 0 Å². The van der Waals surface area contributed by atoms with Crippen LogP contribution in [0, 0.1) is 0 Å². The van der Waals surface area contributed by atoms with Crippen molar-refractivity contribution in [3.8, 4) is 0 Å². The van der Waals surface area contributed by atoms with Gasteiger partial charge in [-0.15, -0.1) is 0 Å². The summed E-state index contributed by atoms with van der Waals surface area (Å²) >= 11 is 0. The van der Waals surface area contributed by atoms with Crippen molar-refractivity contribution in [2.45, 2.75) is 6.54 Å². The van der Waals surface area contributed by atoms with Gasteiger partial charge < -0.3 is 19.5 Å². The Balaban J connectivity index is 1.97. The lowest BCUT2D eigenvalue weighted by molar-refractivity contribution is 0.0651. The number of aromatic nitrogens is 2. The molecule has 2 aromatic heterocycles. The molecular formula is C9H7N3O5. The fourth-order valence-electron chi connectivity index (χ4n) is 1.07. The first kappa shape index (κ1) is 10.9. The number of carboxylic acid groups (broad SMARTS) is 1. The maximum absolute atomic E-state index is 11.5. The van der Waals surface area contributed by atoms with Gasteiger partial charge in [-0.05, 0) is 0 Å². The molecule has 1 amide bonds. The van der Waals surface area contributed by atoms with Crippen molar-refractivity contribution in [1.82, 2.24) is 15.6 Å². The predicted octanol–water partition coefficient (Wildman–Crippen LogP) is 0.291. The molecule has 0 spiro atoms. The molecule has 8 nitrogen and oxygen atoms in total. The lowest BCUT2D eigenvalue weighted by Gasteiger charge is -1.97. The molecule has 0 bridgehead atoms. The van der Waals surface area contributed by atoms with Gasteiger partial charge in [0.05, 0.1) is 12.7 Å². The number of rotatable bonds is 4. The van der Waals surface area contributed by atoms with Crippen molar-refractivity contribution >= 4 is 11.9 Å². The van der Waals surface area contributed by atoms with Gasteiger partial charge in [-0.3, -0.25) is 4.79 Å². The van der Waals surface area contributed by atoms with E-state index >= 15 is 0 Å². The molecule has 0 fully saturated rings. The van der Waals surface area contributed by atoms with Crippen molar-refractivity contribution in [1.29, 1.82) is 0 Å². The average molecular weight is 237 g/mol. The molecule has 0 aliphatic rings. The van der Waals surface area contributed by atoms with Crippen LogP contribution in [-0.4, -0.2) is 27.3 Å². The third kappa shape index (κ3) is 2.48. The highest BCUT2D eigenvalue weighted by Gasteiger charge is 2.16. The monoisotopic (exact) mass is 237 g/mol. The van der Waals surface area contributed by atoms with Crippen molar-refractivity contribution in [2.24, 2.45) is 0 Å². The fraction of sp³-hybridized carbons (Fsp3) is 0.111. The van der Waals surface area contributed by atoms with Crippen LogP contribution < -0.4 is 5.32 Å². The zero-order chi connectivity index (χ0) is 12.3. The summed E-state index contributed by atoms with van der Waals surface area (Å²) in [6, 6.07) is 2.63. The number of carbonyl (C=O) groups excluding carboxylic acids is 1. The van der Waals surface area contributed by atoms with E-state index in [9.17, 15) is 9.59 Å². The first-order valence-corrected chi connectivity index (χ1v) is 4.54. The van der Waals surface area contributed by atoms with Gasteiger partial charge in [0.15, 0.2) is 11.5 Å². The Kier molecular flexibility index (Phi) is 2.86. The topological polar surface area (TPSA) is 118 Å². The number of hydrogen-bond acceptors (Lipinski definition) is 6. The summed E-state index contributed by atoms with van der Waals surface area (Å²) in [7, 11) is 0. The molecular weight excluding hydrogens is 230 g/mol. The van der Waals surface area contributed by atoms with Gasteiger partial charge in [-0.25, -0.2) is 4.79 Å². The maximum Gasteiger partial charge on any atom is 0.374 e. The molecule has 2 heterocycles. The number of hydrogen-bond donors (Lipinski definition) is 2. The molecule has 0 atom stereocenters. The number of aromatic carboxylic acids is 1. The van der Waals surface area contributed by atoms with E-state index in [1.54, 1.807) is 6.07 Å². The summed E-state index contributed by atoms with van der Waals surface area (Å²) in [5, 5.41) is 17.8. The second kappa shape index (κ2) is 4.47. The summed E-state index contributed by atoms with van der Waals surface area (Å²) in [5.41, 5.74) is -0.109.